The summed E-state index contributed by atoms with van der Waals surface area (Å²) < 4.78 is 51.5. The van der Waals surface area contributed by atoms with Gasteiger partial charge in [-0.3, -0.25) is 0 Å². The molecule has 1 aromatic carbocycles. The van der Waals surface area contributed by atoms with Gasteiger partial charge in [0.15, 0.2) is 0 Å². The fraction of sp³-hybridized carbons (Fsp3) is 0.500. The molecule has 1 aromatic heterocycles. The average Bonchev–Trinajstić information content (AvgIpc) is 2.84. The van der Waals surface area contributed by atoms with Crippen LogP contribution in [0.1, 0.15) is 0 Å². The van der Waals surface area contributed by atoms with E-state index in [9.17, 15) is 17.3 Å². The topological polar surface area (TPSA) is 49.7 Å². The van der Waals surface area contributed by atoms with Crippen LogP contribution in [0.3, 0.4) is 0 Å². The standard InChI is InChI=1S/C12H22N6OP.BF4/c1-15(2)20(16(3)4,17(5)6)19-18-12-10-8-7-9-11(12)13-14-18;2-1(3,4)5/h7-10H,1-6H3;/q+1;-1. The van der Waals surface area contributed by atoms with E-state index < -0.39 is 15.2 Å². The number of para-hydroxylation sites is 1. The van der Waals surface area contributed by atoms with Crippen molar-refractivity contribution in [3.05, 3.63) is 24.3 Å². The predicted molar refractivity (Wildman–Crippen MR) is 92.3 cm³/mol. The minimum absolute atomic E-state index is 0.821. The van der Waals surface area contributed by atoms with Crippen molar-refractivity contribution in [1.29, 1.82) is 0 Å². The molecule has 0 spiro atoms. The number of rotatable bonds is 5. The van der Waals surface area contributed by atoms with E-state index in [0.717, 1.165) is 11.0 Å². The van der Waals surface area contributed by atoms with Gasteiger partial charge in [-0.25, -0.2) is 0 Å². The molecular formula is C12H22BF4N6OP. The van der Waals surface area contributed by atoms with Gasteiger partial charge in [-0.1, -0.05) is 12.1 Å². The van der Waals surface area contributed by atoms with Crippen LogP contribution in [0.25, 0.3) is 11.0 Å². The summed E-state index contributed by atoms with van der Waals surface area (Å²) in [5.41, 5.74) is 1.68. The Morgan fingerprint density at radius 1 is 0.920 bits per heavy atom. The highest BCUT2D eigenvalue weighted by Gasteiger charge is 2.54. The van der Waals surface area contributed by atoms with Crippen LogP contribution in [0.15, 0.2) is 24.3 Å². The van der Waals surface area contributed by atoms with Gasteiger partial charge in [0, 0.05) is 42.3 Å². The van der Waals surface area contributed by atoms with Crippen LogP contribution >= 0.6 is 7.94 Å². The van der Waals surface area contributed by atoms with E-state index in [0.29, 0.717) is 0 Å². The normalized spacial score (nSPS) is 12.7. The lowest BCUT2D eigenvalue weighted by Crippen LogP contribution is -2.42. The molecule has 0 amide bonds. The monoisotopic (exact) mass is 384 g/mol. The number of halogens is 4. The van der Waals surface area contributed by atoms with Crippen LogP contribution in [-0.4, -0.2) is 78.7 Å². The zero-order valence-electron chi connectivity index (χ0n) is 14.9. The van der Waals surface area contributed by atoms with Gasteiger partial charge >= 0.3 is 15.2 Å². The summed E-state index contributed by atoms with van der Waals surface area (Å²) in [6.45, 7) is 0. The molecule has 0 aliphatic heterocycles. The molecule has 0 aliphatic rings. The lowest BCUT2D eigenvalue weighted by Gasteiger charge is -2.35. The summed E-state index contributed by atoms with van der Waals surface area (Å²) in [5, 5.41) is 8.25. The Hall–Kier alpha value is -1.49. The lowest BCUT2D eigenvalue weighted by atomic mass is 10.3. The highest BCUT2D eigenvalue weighted by molar-refractivity contribution is 7.64. The Kier molecular flexibility index (Phi) is 7.13. The molecule has 142 valence electrons. The van der Waals surface area contributed by atoms with E-state index in [1.165, 1.54) is 4.85 Å². The fourth-order valence-electron chi connectivity index (χ4n) is 2.30. The quantitative estimate of drug-likeness (QED) is 0.449. The van der Waals surface area contributed by atoms with Crippen LogP contribution in [0.2, 0.25) is 0 Å². The Labute approximate surface area is 144 Å². The van der Waals surface area contributed by atoms with Crippen LogP contribution in [-0.2, 0) is 0 Å². The summed E-state index contributed by atoms with van der Waals surface area (Å²) in [5.74, 6) is 0. The largest absolute Gasteiger partial charge is 0.673 e. The van der Waals surface area contributed by atoms with Crippen LogP contribution in [0.4, 0.5) is 17.3 Å². The first-order valence-electron chi connectivity index (χ1n) is 7.20. The van der Waals surface area contributed by atoms with E-state index in [2.05, 4.69) is 24.3 Å². The van der Waals surface area contributed by atoms with Gasteiger partial charge in [-0.2, -0.15) is 4.62 Å². The summed E-state index contributed by atoms with van der Waals surface area (Å²) >= 11 is 0. The molecule has 0 radical (unpaired) electrons. The van der Waals surface area contributed by atoms with E-state index in [4.69, 9.17) is 4.62 Å². The number of hydrogen-bond donors (Lipinski definition) is 0. The minimum atomic E-state index is -6.00. The molecule has 2 aromatic rings. The Morgan fingerprint density at radius 3 is 1.80 bits per heavy atom. The van der Waals surface area contributed by atoms with Crippen molar-refractivity contribution in [1.82, 2.24) is 29.2 Å². The van der Waals surface area contributed by atoms with Gasteiger partial charge in [-0.05, 0) is 22.2 Å². The Bertz CT molecular complexity index is 653. The van der Waals surface area contributed by atoms with Gasteiger partial charge in [0.2, 0.25) is 0 Å². The van der Waals surface area contributed by atoms with Crippen molar-refractivity contribution in [2.75, 3.05) is 42.3 Å². The number of fused-ring (bicyclic) bond motifs is 1. The Balaban J connectivity index is 0.000000550. The van der Waals surface area contributed by atoms with Crippen molar-refractivity contribution in [2.45, 2.75) is 0 Å². The number of aromatic nitrogens is 3. The molecule has 25 heavy (non-hydrogen) atoms. The van der Waals surface area contributed by atoms with Crippen LogP contribution in [0.5, 0.6) is 0 Å². The summed E-state index contributed by atoms with van der Waals surface area (Å²) in [7, 11) is 3.90. The molecule has 0 unspecified atom stereocenters. The van der Waals surface area contributed by atoms with Crippen molar-refractivity contribution in [3.63, 3.8) is 0 Å². The molecule has 7 nitrogen and oxygen atoms in total. The smallest absolute Gasteiger partial charge is 0.418 e. The predicted octanol–water partition coefficient (Wildman–Crippen LogP) is 2.52. The lowest BCUT2D eigenvalue weighted by molar-refractivity contribution is 0.189. The first-order chi connectivity index (χ1) is 11.4. The van der Waals surface area contributed by atoms with Gasteiger partial charge in [0.25, 0.3) is 0 Å². The first kappa shape index (κ1) is 21.6. The molecule has 0 fully saturated rings. The maximum atomic E-state index is 9.75. The highest BCUT2D eigenvalue weighted by atomic mass is 31.2. The summed E-state index contributed by atoms with van der Waals surface area (Å²) in [6.07, 6.45) is 0. The van der Waals surface area contributed by atoms with Gasteiger partial charge in [0.1, 0.15) is 11.0 Å². The SMILES string of the molecule is CN(C)[P+](On1nnc2ccccc21)(N(C)C)N(C)C.F[B-](F)(F)F. The Morgan fingerprint density at radius 2 is 1.36 bits per heavy atom. The molecule has 0 saturated heterocycles. The third kappa shape index (κ3) is 5.50. The molecule has 1 heterocycles. The van der Waals surface area contributed by atoms with Crippen molar-refractivity contribution < 1.29 is 21.9 Å². The third-order valence-electron chi connectivity index (χ3n) is 3.07. The van der Waals surface area contributed by atoms with Gasteiger partial charge < -0.3 is 17.3 Å². The molecule has 0 saturated carbocycles. The van der Waals surface area contributed by atoms with Gasteiger partial charge in [0.05, 0.1) is 0 Å². The summed E-state index contributed by atoms with van der Waals surface area (Å²) in [6, 6.07) is 7.76. The van der Waals surface area contributed by atoms with Crippen molar-refractivity contribution in [2.24, 2.45) is 0 Å². The molecular weight excluding hydrogens is 362 g/mol. The number of benzene rings is 1. The molecule has 13 heteroatoms. The van der Waals surface area contributed by atoms with Crippen LogP contribution < -0.4 is 4.62 Å². The second-order valence-electron chi connectivity index (χ2n) is 5.58. The third-order valence-corrected chi connectivity index (χ3v) is 6.57. The number of nitrogens with zero attached hydrogens (tertiary/aromatic N) is 6. The molecule has 0 N–H and O–H groups in total. The highest BCUT2D eigenvalue weighted by Crippen LogP contribution is 2.61. The molecule has 0 aliphatic carbocycles. The fourth-order valence-corrected chi connectivity index (χ4v) is 5.22. The average molecular weight is 384 g/mol. The van der Waals surface area contributed by atoms with Gasteiger partial charge in [-0.15, -0.1) is 19.1 Å². The molecule has 0 bridgehead atoms. The zero-order valence-corrected chi connectivity index (χ0v) is 15.8. The second kappa shape index (κ2) is 8.26. The van der Waals surface area contributed by atoms with Crippen LogP contribution in [0, 0.1) is 0 Å². The maximum Gasteiger partial charge on any atom is 0.673 e. The van der Waals surface area contributed by atoms with E-state index in [1.54, 1.807) is 0 Å². The minimum Gasteiger partial charge on any atom is -0.418 e. The second-order valence-corrected chi connectivity index (χ2v) is 9.17. The number of hydrogen-bond acceptors (Lipinski definition) is 6. The van der Waals surface area contributed by atoms with Crippen molar-refractivity contribution >= 4 is 26.2 Å². The maximum absolute atomic E-state index is 9.75. The van der Waals surface area contributed by atoms with E-state index in [1.807, 2.05) is 66.6 Å². The summed E-state index contributed by atoms with van der Waals surface area (Å²) in [4.78, 5) is 1.52. The van der Waals surface area contributed by atoms with Crippen molar-refractivity contribution in [3.8, 4) is 0 Å². The van der Waals surface area contributed by atoms with E-state index in [-0.39, 0.29) is 0 Å². The zero-order chi connectivity index (χ0) is 19.4. The molecule has 2 rings (SSSR count). The first-order valence-corrected chi connectivity index (χ1v) is 8.76. The van der Waals surface area contributed by atoms with E-state index >= 15 is 0 Å². The molecule has 0 atom stereocenters.